The van der Waals surface area contributed by atoms with Gasteiger partial charge in [0, 0.05) is 12.5 Å². The van der Waals surface area contributed by atoms with E-state index in [0.717, 1.165) is 11.3 Å². The summed E-state index contributed by atoms with van der Waals surface area (Å²) in [4.78, 5) is 12.0. The second-order valence-corrected chi connectivity index (χ2v) is 3.91. The summed E-state index contributed by atoms with van der Waals surface area (Å²) in [5.74, 6) is 1.02. The van der Waals surface area contributed by atoms with Gasteiger partial charge in [0.15, 0.2) is 5.78 Å². The van der Waals surface area contributed by atoms with Gasteiger partial charge < -0.3 is 9.47 Å². The lowest BCUT2D eigenvalue weighted by Crippen LogP contribution is -2.07. The molecule has 0 amide bonds. The molecule has 0 radical (unpaired) electrons. The SMILES string of the molecule is COc1cccc(CC(=O)c2ccc(OC)nn2)c1. The Labute approximate surface area is 111 Å². The smallest absolute Gasteiger partial charge is 0.233 e. The van der Waals surface area contributed by atoms with Gasteiger partial charge in [-0.2, -0.15) is 0 Å². The van der Waals surface area contributed by atoms with E-state index in [0.29, 0.717) is 11.6 Å². The van der Waals surface area contributed by atoms with E-state index in [4.69, 9.17) is 9.47 Å². The van der Waals surface area contributed by atoms with Crippen molar-refractivity contribution in [2.24, 2.45) is 0 Å². The Hall–Kier alpha value is -2.43. The minimum atomic E-state index is -0.0941. The molecule has 0 saturated heterocycles. The van der Waals surface area contributed by atoms with E-state index in [1.807, 2.05) is 24.3 Å². The molecule has 0 unspecified atom stereocenters. The first kappa shape index (κ1) is 13.0. The fourth-order valence-electron chi connectivity index (χ4n) is 1.64. The lowest BCUT2D eigenvalue weighted by molar-refractivity contribution is 0.0987. The zero-order chi connectivity index (χ0) is 13.7. The lowest BCUT2D eigenvalue weighted by atomic mass is 10.1. The number of benzene rings is 1. The Morgan fingerprint density at radius 3 is 2.58 bits per heavy atom. The van der Waals surface area contributed by atoms with Crippen LogP contribution in [0.1, 0.15) is 16.1 Å². The second kappa shape index (κ2) is 5.95. The van der Waals surface area contributed by atoms with Crippen molar-refractivity contribution in [1.82, 2.24) is 10.2 Å². The number of aromatic nitrogens is 2. The first-order valence-corrected chi connectivity index (χ1v) is 5.77. The van der Waals surface area contributed by atoms with Crippen LogP contribution >= 0.6 is 0 Å². The van der Waals surface area contributed by atoms with Crippen molar-refractivity contribution in [3.05, 3.63) is 47.7 Å². The highest BCUT2D eigenvalue weighted by atomic mass is 16.5. The van der Waals surface area contributed by atoms with Gasteiger partial charge in [-0.05, 0) is 23.8 Å². The molecular weight excluding hydrogens is 244 g/mol. The van der Waals surface area contributed by atoms with Crippen molar-refractivity contribution in [2.45, 2.75) is 6.42 Å². The van der Waals surface area contributed by atoms with Crippen molar-refractivity contribution in [3.63, 3.8) is 0 Å². The van der Waals surface area contributed by atoms with E-state index in [9.17, 15) is 4.79 Å². The fraction of sp³-hybridized carbons (Fsp3) is 0.214. The van der Waals surface area contributed by atoms with Gasteiger partial charge in [-0.1, -0.05) is 12.1 Å². The zero-order valence-electron chi connectivity index (χ0n) is 10.8. The molecule has 2 aromatic rings. The minimum absolute atomic E-state index is 0.0941. The van der Waals surface area contributed by atoms with Gasteiger partial charge in [-0.25, -0.2) is 0 Å². The third kappa shape index (κ3) is 3.28. The molecule has 1 aromatic carbocycles. The van der Waals surface area contributed by atoms with Crippen LogP contribution in [0.4, 0.5) is 0 Å². The van der Waals surface area contributed by atoms with E-state index >= 15 is 0 Å². The molecule has 2 rings (SSSR count). The number of carbonyl (C=O) groups excluding carboxylic acids is 1. The number of nitrogens with zero attached hydrogens (tertiary/aromatic N) is 2. The van der Waals surface area contributed by atoms with E-state index in [1.54, 1.807) is 19.2 Å². The Morgan fingerprint density at radius 1 is 1.11 bits per heavy atom. The van der Waals surface area contributed by atoms with Crippen LogP contribution in [0.25, 0.3) is 0 Å². The minimum Gasteiger partial charge on any atom is -0.497 e. The highest BCUT2D eigenvalue weighted by Crippen LogP contribution is 2.14. The van der Waals surface area contributed by atoms with Gasteiger partial charge in [0.05, 0.1) is 14.2 Å². The van der Waals surface area contributed by atoms with E-state index < -0.39 is 0 Å². The lowest BCUT2D eigenvalue weighted by Gasteiger charge is -2.04. The molecule has 19 heavy (non-hydrogen) atoms. The molecule has 0 saturated carbocycles. The van der Waals surface area contributed by atoms with Gasteiger partial charge in [-0.3, -0.25) is 4.79 Å². The van der Waals surface area contributed by atoms with Gasteiger partial charge in [0.2, 0.25) is 5.88 Å². The molecule has 5 nitrogen and oxygen atoms in total. The second-order valence-electron chi connectivity index (χ2n) is 3.91. The van der Waals surface area contributed by atoms with Crippen molar-refractivity contribution in [3.8, 4) is 11.6 Å². The van der Waals surface area contributed by atoms with Gasteiger partial charge >= 0.3 is 0 Å². The first-order valence-electron chi connectivity index (χ1n) is 5.77. The number of carbonyl (C=O) groups is 1. The largest absolute Gasteiger partial charge is 0.497 e. The molecule has 1 aromatic heterocycles. The molecule has 0 aliphatic carbocycles. The van der Waals surface area contributed by atoms with E-state index in [1.165, 1.54) is 7.11 Å². The summed E-state index contributed by atoms with van der Waals surface area (Å²) < 4.78 is 10.0. The molecule has 0 atom stereocenters. The number of hydrogen-bond acceptors (Lipinski definition) is 5. The van der Waals surface area contributed by atoms with E-state index in [2.05, 4.69) is 10.2 Å². The van der Waals surface area contributed by atoms with Crippen LogP contribution < -0.4 is 9.47 Å². The third-order valence-electron chi connectivity index (χ3n) is 2.63. The summed E-state index contributed by atoms with van der Waals surface area (Å²) in [5.41, 5.74) is 1.20. The normalized spacial score (nSPS) is 10.0. The zero-order valence-corrected chi connectivity index (χ0v) is 10.8. The molecule has 0 aliphatic rings. The quantitative estimate of drug-likeness (QED) is 0.767. The summed E-state index contributed by atoms with van der Waals surface area (Å²) in [6, 6.07) is 10.6. The fourth-order valence-corrected chi connectivity index (χ4v) is 1.64. The standard InChI is InChI=1S/C14H14N2O3/c1-18-11-5-3-4-10(8-11)9-13(17)12-6-7-14(19-2)16-15-12/h3-8H,9H2,1-2H3. The average Bonchev–Trinajstić information content (AvgIpc) is 2.47. The predicted octanol–water partition coefficient (Wildman–Crippen LogP) is 1.92. The monoisotopic (exact) mass is 258 g/mol. The summed E-state index contributed by atoms with van der Waals surface area (Å²) in [6.45, 7) is 0. The van der Waals surface area contributed by atoms with E-state index in [-0.39, 0.29) is 12.2 Å². The number of methoxy groups -OCH3 is 2. The summed E-state index contributed by atoms with van der Waals surface area (Å²) in [7, 11) is 3.09. The number of rotatable bonds is 5. The molecule has 98 valence electrons. The molecule has 0 fully saturated rings. The molecule has 0 N–H and O–H groups in total. The molecule has 0 aliphatic heterocycles. The van der Waals surface area contributed by atoms with Gasteiger partial charge in [-0.15, -0.1) is 10.2 Å². The Morgan fingerprint density at radius 2 is 1.95 bits per heavy atom. The Balaban J connectivity index is 2.11. The number of hydrogen-bond donors (Lipinski definition) is 0. The van der Waals surface area contributed by atoms with Crippen molar-refractivity contribution >= 4 is 5.78 Å². The highest BCUT2D eigenvalue weighted by molar-refractivity contribution is 5.95. The summed E-state index contributed by atoms with van der Waals surface area (Å²) in [5, 5.41) is 7.61. The average molecular weight is 258 g/mol. The Bertz CT molecular complexity index is 567. The number of Topliss-reactive ketones (excluding diaryl/α,β-unsaturated/α-hetero) is 1. The summed E-state index contributed by atoms with van der Waals surface area (Å²) in [6.07, 6.45) is 0.262. The van der Waals surface area contributed by atoms with Crippen LogP contribution in [0, 0.1) is 0 Å². The van der Waals surface area contributed by atoms with Crippen LogP contribution in [-0.4, -0.2) is 30.2 Å². The molecule has 0 bridgehead atoms. The van der Waals surface area contributed by atoms with Crippen molar-refractivity contribution in [1.29, 1.82) is 0 Å². The van der Waals surface area contributed by atoms with Crippen LogP contribution in [0.15, 0.2) is 36.4 Å². The third-order valence-corrected chi connectivity index (χ3v) is 2.63. The van der Waals surface area contributed by atoms with Crippen LogP contribution in [-0.2, 0) is 6.42 Å². The maximum atomic E-state index is 12.0. The number of ketones is 1. The maximum absolute atomic E-state index is 12.0. The van der Waals surface area contributed by atoms with Crippen LogP contribution in [0.2, 0.25) is 0 Å². The topological polar surface area (TPSA) is 61.3 Å². The molecular formula is C14H14N2O3. The molecule has 1 heterocycles. The highest BCUT2D eigenvalue weighted by Gasteiger charge is 2.10. The van der Waals surface area contributed by atoms with Gasteiger partial charge in [0.1, 0.15) is 11.4 Å². The van der Waals surface area contributed by atoms with Gasteiger partial charge in [0.25, 0.3) is 0 Å². The predicted molar refractivity (Wildman–Crippen MR) is 69.6 cm³/mol. The number of ether oxygens (including phenoxy) is 2. The van der Waals surface area contributed by atoms with Crippen molar-refractivity contribution in [2.75, 3.05) is 14.2 Å². The maximum Gasteiger partial charge on any atom is 0.233 e. The van der Waals surface area contributed by atoms with Crippen molar-refractivity contribution < 1.29 is 14.3 Å². The van der Waals surface area contributed by atoms with Crippen LogP contribution in [0.5, 0.6) is 11.6 Å². The first-order chi connectivity index (χ1) is 9.22. The summed E-state index contributed by atoms with van der Waals surface area (Å²) >= 11 is 0. The molecule has 5 heteroatoms. The van der Waals surface area contributed by atoms with Crippen LogP contribution in [0.3, 0.4) is 0 Å². The molecule has 0 spiro atoms. The Kier molecular flexibility index (Phi) is 4.07.